The predicted octanol–water partition coefficient (Wildman–Crippen LogP) is 3.87. The third-order valence-electron chi connectivity index (χ3n) is 2.72. The van der Waals surface area contributed by atoms with Gasteiger partial charge in [-0.1, -0.05) is 23.7 Å². The average molecular weight is 277 g/mol. The minimum atomic E-state index is 0.748. The van der Waals surface area contributed by atoms with Crippen LogP contribution in [0.15, 0.2) is 48.5 Å². The van der Waals surface area contributed by atoms with E-state index in [0.29, 0.717) is 0 Å². The van der Waals surface area contributed by atoms with Crippen LogP contribution < -0.4 is 15.4 Å². The summed E-state index contributed by atoms with van der Waals surface area (Å²) in [5.74, 6) is 0.856. The number of para-hydroxylation sites is 2. The van der Waals surface area contributed by atoms with Crippen LogP contribution in [0.2, 0.25) is 5.02 Å². The molecule has 0 aromatic heterocycles. The molecule has 0 saturated carbocycles. The van der Waals surface area contributed by atoms with Gasteiger partial charge in [0.15, 0.2) is 0 Å². The Labute approximate surface area is 118 Å². The van der Waals surface area contributed by atoms with E-state index in [0.717, 1.165) is 35.2 Å². The Balaban J connectivity index is 1.79. The highest BCUT2D eigenvalue weighted by Gasteiger charge is 1.99. The van der Waals surface area contributed by atoms with Gasteiger partial charge in [0.2, 0.25) is 0 Å². The number of halogens is 1. The molecule has 19 heavy (non-hydrogen) atoms. The summed E-state index contributed by atoms with van der Waals surface area (Å²) >= 11 is 5.83. The fraction of sp³-hybridized carbons (Fsp3) is 0.200. The molecular weight excluding hydrogens is 260 g/mol. The van der Waals surface area contributed by atoms with Crippen molar-refractivity contribution in [1.29, 1.82) is 0 Å². The Morgan fingerprint density at radius 2 is 1.63 bits per heavy atom. The maximum Gasteiger partial charge on any atom is 0.141 e. The molecule has 2 aromatic carbocycles. The fourth-order valence-electron chi connectivity index (χ4n) is 1.76. The molecule has 0 aliphatic heterocycles. The summed E-state index contributed by atoms with van der Waals surface area (Å²) in [6.07, 6.45) is 0. The zero-order chi connectivity index (χ0) is 13.5. The van der Waals surface area contributed by atoms with Crippen molar-refractivity contribution in [2.45, 2.75) is 0 Å². The van der Waals surface area contributed by atoms with Gasteiger partial charge in [-0.15, -0.1) is 0 Å². The average Bonchev–Trinajstić information content (AvgIpc) is 2.46. The van der Waals surface area contributed by atoms with Crippen LogP contribution in [0.4, 0.5) is 11.4 Å². The van der Waals surface area contributed by atoms with E-state index in [1.807, 2.05) is 48.5 Å². The second-order valence-corrected chi connectivity index (χ2v) is 4.50. The second-order valence-electron chi connectivity index (χ2n) is 4.06. The monoisotopic (exact) mass is 276 g/mol. The molecule has 0 aliphatic carbocycles. The molecule has 2 N–H and O–H groups in total. The molecule has 0 spiro atoms. The van der Waals surface area contributed by atoms with Crippen molar-refractivity contribution in [3.8, 4) is 5.75 Å². The minimum Gasteiger partial charge on any atom is -0.495 e. The van der Waals surface area contributed by atoms with E-state index in [-0.39, 0.29) is 0 Å². The highest BCUT2D eigenvalue weighted by Crippen LogP contribution is 2.22. The summed E-state index contributed by atoms with van der Waals surface area (Å²) < 4.78 is 5.28. The quantitative estimate of drug-likeness (QED) is 0.786. The molecule has 0 heterocycles. The molecule has 0 fully saturated rings. The van der Waals surface area contributed by atoms with Crippen LogP contribution in [0, 0.1) is 0 Å². The lowest BCUT2D eigenvalue weighted by molar-refractivity contribution is 0.416. The van der Waals surface area contributed by atoms with Crippen LogP contribution in [0.1, 0.15) is 0 Å². The lowest BCUT2D eigenvalue weighted by Gasteiger charge is -2.11. The summed E-state index contributed by atoms with van der Waals surface area (Å²) in [5, 5.41) is 7.40. The highest BCUT2D eigenvalue weighted by molar-refractivity contribution is 6.30. The summed E-state index contributed by atoms with van der Waals surface area (Å²) in [6, 6.07) is 15.6. The molecular formula is C15H17ClN2O. The largest absolute Gasteiger partial charge is 0.495 e. The summed E-state index contributed by atoms with van der Waals surface area (Å²) in [5.41, 5.74) is 2.06. The van der Waals surface area contributed by atoms with Crippen molar-refractivity contribution in [3.05, 3.63) is 53.6 Å². The molecule has 3 nitrogen and oxygen atoms in total. The number of benzene rings is 2. The van der Waals surface area contributed by atoms with Gasteiger partial charge in [-0.2, -0.15) is 0 Å². The smallest absolute Gasteiger partial charge is 0.141 e. The van der Waals surface area contributed by atoms with Gasteiger partial charge < -0.3 is 15.4 Å². The molecule has 4 heteroatoms. The van der Waals surface area contributed by atoms with Gasteiger partial charge in [0.25, 0.3) is 0 Å². The third kappa shape index (κ3) is 4.07. The number of methoxy groups -OCH3 is 1. The van der Waals surface area contributed by atoms with E-state index in [1.165, 1.54) is 0 Å². The predicted molar refractivity (Wildman–Crippen MR) is 81.4 cm³/mol. The zero-order valence-electron chi connectivity index (χ0n) is 10.8. The molecule has 0 amide bonds. The number of hydrogen-bond acceptors (Lipinski definition) is 3. The van der Waals surface area contributed by atoms with Crippen LogP contribution >= 0.6 is 11.6 Å². The van der Waals surface area contributed by atoms with Gasteiger partial charge >= 0.3 is 0 Å². The van der Waals surface area contributed by atoms with Gasteiger partial charge in [0, 0.05) is 23.8 Å². The maximum absolute atomic E-state index is 5.83. The first-order chi connectivity index (χ1) is 9.29. The lowest BCUT2D eigenvalue weighted by Crippen LogP contribution is -2.13. The van der Waals surface area contributed by atoms with E-state index in [4.69, 9.17) is 16.3 Å². The fourth-order valence-corrected chi connectivity index (χ4v) is 1.89. The van der Waals surface area contributed by atoms with Crippen LogP contribution in [0.5, 0.6) is 5.75 Å². The Hall–Kier alpha value is -1.87. The van der Waals surface area contributed by atoms with Crippen molar-refractivity contribution >= 4 is 23.0 Å². The maximum atomic E-state index is 5.83. The number of ether oxygens (including phenoxy) is 1. The van der Waals surface area contributed by atoms with Crippen LogP contribution in [-0.2, 0) is 0 Å². The van der Waals surface area contributed by atoms with E-state index in [9.17, 15) is 0 Å². The molecule has 0 atom stereocenters. The van der Waals surface area contributed by atoms with Crippen LogP contribution in [0.3, 0.4) is 0 Å². The third-order valence-corrected chi connectivity index (χ3v) is 2.97. The topological polar surface area (TPSA) is 33.3 Å². The number of anilines is 2. The van der Waals surface area contributed by atoms with E-state index >= 15 is 0 Å². The Kier molecular flexibility index (Phi) is 4.93. The minimum absolute atomic E-state index is 0.748. The van der Waals surface area contributed by atoms with Gasteiger partial charge in [0.05, 0.1) is 12.8 Å². The first-order valence-electron chi connectivity index (χ1n) is 6.16. The van der Waals surface area contributed by atoms with Crippen molar-refractivity contribution < 1.29 is 4.74 Å². The number of nitrogens with one attached hydrogen (secondary N) is 2. The van der Waals surface area contributed by atoms with Crippen molar-refractivity contribution in [3.63, 3.8) is 0 Å². The SMILES string of the molecule is COc1ccccc1NCCNc1ccc(Cl)cc1. The normalized spacial score (nSPS) is 10.0. The van der Waals surface area contributed by atoms with Crippen LogP contribution in [-0.4, -0.2) is 20.2 Å². The molecule has 0 unspecified atom stereocenters. The van der Waals surface area contributed by atoms with Crippen molar-refractivity contribution in [2.75, 3.05) is 30.8 Å². The standard InChI is InChI=1S/C15H17ClN2O/c1-19-15-5-3-2-4-14(15)18-11-10-17-13-8-6-12(16)7-9-13/h2-9,17-18H,10-11H2,1H3. The lowest BCUT2D eigenvalue weighted by atomic mass is 10.3. The second kappa shape index (κ2) is 6.90. The molecule has 100 valence electrons. The molecule has 0 bridgehead atoms. The van der Waals surface area contributed by atoms with Crippen molar-refractivity contribution in [1.82, 2.24) is 0 Å². The van der Waals surface area contributed by atoms with Gasteiger partial charge in [0.1, 0.15) is 5.75 Å². The van der Waals surface area contributed by atoms with Gasteiger partial charge in [-0.3, -0.25) is 0 Å². The Morgan fingerprint density at radius 3 is 2.37 bits per heavy atom. The first kappa shape index (κ1) is 13.6. The van der Waals surface area contributed by atoms with E-state index < -0.39 is 0 Å². The van der Waals surface area contributed by atoms with Gasteiger partial charge in [-0.25, -0.2) is 0 Å². The molecule has 0 saturated heterocycles. The Bertz CT molecular complexity index is 514. The van der Waals surface area contributed by atoms with Gasteiger partial charge in [-0.05, 0) is 36.4 Å². The summed E-state index contributed by atoms with van der Waals surface area (Å²) in [6.45, 7) is 1.63. The summed E-state index contributed by atoms with van der Waals surface area (Å²) in [7, 11) is 1.67. The summed E-state index contributed by atoms with van der Waals surface area (Å²) in [4.78, 5) is 0. The molecule has 0 aliphatic rings. The van der Waals surface area contributed by atoms with Crippen LogP contribution in [0.25, 0.3) is 0 Å². The molecule has 0 radical (unpaired) electrons. The Morgan fingerprint density at radius 1 is 0.947 bits per heavy atom. The van der Waals surface area contributed by atoms with Crippen molar-refractivity contribution in [2.24, 2.45) is 0 Å². The molecule has 2 rings (SSSR count). The first-order valence-corrected chi connectivity index (χ1v) is 6.54. The zero-order valence-corrected chi connectivity index (χ0v) is 11.6. The number of rotatable bonds is 6. The molecule has 2 aromatic rings. The highest BCUT2D eigenvalue weighted by atomic mass is 35.5. The van der Waals surface area contributed by atoms with E-state index in [1.54, 1.807) is 7.11 Å². The number of hydrogen-bond donors (Lipinski definition) is 2. The van der Waals surface area contributed by atoms with E-state index in [2.05, 4.69) is 10.6 Å².